The van der Waals surface area contributed by atoms with Crippen LogP contribution in [-0.2, 0) is 4.79 Å². The maximum atomic E-state index is 12.2. The SMILES string of the molecule is O=C1NC(Nc2ccc3nc[nH]c3c2)=N/C1=C\c1ccc2ncsc2c1. The van der Waals surface area contributed by atoms with Crippen molar-refractivity contribution in [2.75, 3.05) is 5.32 Å². The van der Waals surface area contributed by atoms with Crippen molar-refractivity contribution >= 4 is 56.2 Å². The summed E-state index contributed by atoms with van der Waals surface area (Å²) in [5.74, 6) is 0.165. The number of aliphatic imine (C=N–C) groups is 1. The first-order chi connectivity index (χ1) is 12.7. The smallest absolute Gasteiger partial charge is 0.276 e. The van der Waals surface area contributed by atoms with Gasteiger partial charge in [0.2, 0.25) is 5.96 Å². The number of guanidine groups is 1. The molecule has 26 heavy (non-hydrogen) atoms. The monoisotopic (exact) mass is 360 g/mol. The lowest BCUT2D eigenvalue weighted by molar-refractivity contribution is -0.115. The molecule has 0 unspecified atom stereocenters. The van der Waals surface area contributed by atoms with Crippen LogP contribution in [0.2, 0.25) is 0 Å². The standard InChI is InChI=1S/C18H12N6OS/c25-17-15(5-10-1-3-13-16(6-10)26-9-21-13)23-18(24-17)22-11-2-4-12-14(7-11)20-8-19-12/h1-9H,(H,19,20)(H2,22,23,24,25)/b15-5-. The highest BCUT2D eigenvalue weighted by molar-refractivity contribution is 7.16. The number of carbonyl (C=O) groups is 1. The molecule has 1 amide bonds. The molecule has 1 aliphatic heterocycles. The zero-order valence-corrected chi connectivity index (χ0v) is 14.2. The van der Waals surface area contributed by atoms with Gasteiger partial charge in [0.05, 0.1) is 33.1 Å². The summed E-state index contributed by atoms with van der Waals surface area (Å²) in [5, 5.41) is 5.86. The summed E-state index contributed by atoms with van der Waals surface area (Å²) in [7, 11) is 0. The number of imidazole rings is 1. The average molecular weight is 360 g/mol. The molecule has 2 aromatic heterocycles. The van der Waals surface area contributed by atoms with E-state index in [4.69, 9.17) is 0 Å². The van der Waals surface area contributed by atoms with Gasteiger partial charge in [-0.1, -0.05) is 6.07 Å². The van der Waals surface area contributed by atoms with Gasteiger partial charge in [0, 0.05) is 5.69 Å². The number of nitrogens with one attached hydrogen (secondary N) is 3. The summed E-state index contributed by atoms with van der Waals surface area (Å²) < 4.78 is 1.08. The summed E-state index contributed by atoms with van der Waals surface area (Å²) >= 11 is 1.57. The van der Waals surface area contributed by atoms with E-state index in [1.807, 2.05) is 36.4 Å². The number of fused-ring (bicyclic) bond motifs is 2. The van der Waals surface area contributed by atoms with Crippen LogP contribution in [0, 0.1) is 0 Å². The number of anilines is 1. The van der Waals surface area contributed by atoms with Gasteiger partial charge in [-0.15, -0.1) is 11.3 Å². The lowest BCUT2D eigenvalue weighted by Gasteiger charge is -2.04. The number of aromatic nitrogens is 3. The molecule has 3 heterocycles. The number of hydrogen-bond donors (Lipinski definition) is 3. The molecule has 0 spiro atoms. The van der Waals surface area contributed by atoms with E-state index in [1.54, 1.807) is 29.3 Å². The number of amides is 1. The Labute approximate surface area is 151 Å². The highest BCUT2D eigenvalue weighted by Crippen LogP contribution is 2.22. The van der Waals surface area contributed by atoms with Crippen LogP contribution in [0.4, 0.5) is 5.69 Å². The molecule has 0 atom stereocenters. The molecule has 1 aliphatic rings. The number of benzene rings is 2. The van der Waals surface area contributed by atoms with Gasteiger partial charge >= 0.3 is 0 Å². The highest BCUT2D eigenvalue weighted by atomic mass is 32.1. The molecule has 0 bridgehead atoms. The first-order valence-electron chi connectivity index (χ1n) is 7.90. The van der Waals surface area contributed by atoms with Gasteiger partial charge in [-0.2, -0.15) is 0 Å². The van der Waals surface area contributed by atoms with Gasteiger partial charge in [0.1, 0.15) is 5.70 Å². The maximum Gasteiger partial charge on any atom is 0.276 e. The van der Waals surface area contributed by atoms with E-state index in [0.717, 1.165) is 32.5 Å². The van der Waals surface area contributed by atoms with Crippen LogP contribution in [0.25, 0.3) is 27.3 Å². The van der Waals surface area contributed by atoms with Crippen LogP contribution in [0.15, 0.2) is 58.9 Å². The van der Waals surface area contributed by atoms with Gasteiger partial charge < -0.3 is 10.3 Å². The molecular weight excluding hydrogens is 348 g/mol. The lowest BCUT2D eigenvalue weighted by atomic mass is 10.2. The maximum absolute atomic E-state index is 12.2. The molecule has 4 aromatic rings. The summed E-state index contributed by atoms with van der Waals surface area (Å²) in [4.78, 5) is 28.1. The second-order valence-corrected chi connectivity index (χ2v) is 6.67. The fourth-order valence-electron chi connectivity index (χ4n) is 2.80. The first-order valence-corrected chi connectivity index (χ1v) is 8.78. The molecule has 3 N–H and O–H groups in total. The minimum atomic E-state index is -0.237. The zero-order valence-electron chi connectivity index (χ0n) is 13.4. The fourth-order valence-corrected chi connectivity index (χ4v) is 3.52. The van der Waals surface area contributed by atoms with Crippen LogP contribution < -0.4 is 10.6 Å². The van der Waals surface area contributed by atoms with Crippen LogP contribution in [0.5, 0.6) is 0 Å². The Kier molecular flexibility index (Phi) is 3.29. The van der Waals surface area contributed by atoms with Gasteiger partial charge in [0.25, 0.3) is 5.91 Å². The predicted octanol–water partition coefficient (Wildman–Crippen LogP) is 3.11. The summed E-state index contributed by atoms with van der Waals surface area (Å²) in [6, 6.07) is 11.6. The van der Waals surface area contributed by atoms with Crippen LogP contribution in [-0.4, -0.2) is 26.8 Å². The van der Waals surface area contributed by atoms with Crippen LogP contribution in [0.3, 0.4) is 0 Å². The average Bonchev–Trinajstić information content (AvgIpc) is 3.35. The Hall–Kier alpha value is -3.52. The summed E-state index contributed by atoms with van der Waals surface area (Å²) in [6.45, 7) is 0. The van der Waals surface area contributed by atoms with Crippen molar-refractivity contribution in [2.24, 2.45) is 4.99 Å². The fraction of sp³-hybridized carbons (Fsp3) is 0. The van der Waals surface area contributed by atoms with Crippen molar-refractivity contribution in [3.05, 3.63) is 59.5 Å². The van der Waals surface area contributed by atoms with Gasteiger partial charge in [0.15, 0.2) is 0 Å². The van der Waals surface area contributed by atoms with Crippen LogP contribution in [0.1, 0.15) is 5.56 Å². The van der Waals surface area contributed by atoms with Crippen molar-refractivity contribution in [3.63, 3.8) is 0 Å². The predicted molar refractivity (Wildman–Crippen MR) is 103 cm³/mol. The van der Waals surface area contributed by atoms with E-state index in [2.05, 4.69) is 30.6 Å². The highest BCUT2D eigenvalue weighted by Gasteiger charge is 2.20. The number of hydrogen-bond acceptors (Lipinski definition) is 6. The van der Waals surface area contributed by atoms with Crippen molar-refractivity contribution in [1.82, 2.24) is 20.3 Å². The van der Waals surface area contributed by atoms with Gasteiger partial charge in [-0.05, 0) is 42.0 Å². The minimum Gasteiger partial charge on any atom is -0.345 e. The third kappa shape index (κ3) is 2.62. The largest absolute Gasteiger partial charge is 0.345 e. The summed E-state index contributed by atoms with van der Waals surface area (Å²) in [6.07, 6.45) is 3.41. The number of rotatable bonds is 2. The number of aromatic amines is 1. The van der Waals surface area contributed by atoms with E-state index >= 15 is 0 Å². The van der Waals surface area contributed by atoms with Gasteiger partial charge in [-0.25, -0.2) is 15.0 Å². The Morgan fingerprint density at radius 3 is 2.96 bits per heavy atom. The number of nitrogens with zero attached hydrogens (tertiary/aromatic N) is 3. The molecule has 0 radical (unpaired) electrons. The van der Waals surface area contributed by atoms with E-state index < -0.39 is 0 Å². The number of carbonyl (C=O) groups excluding carboxylic acids is 1. The van der Waals surface area contributed by atoms with E-state index in [-0.39, 0.29) is 5.91 Å². The lowest BCUT2D eigenvalue weighted by Crippen LogP contribution is -2.29. The Bertz CT molecular complexity index is 1220. The van der Waals surface area contributed by atoms with E-state index in [1.165, 1.54) is 0 Å². The Morgan fingerprint density at radius 1 is 1.08 bits per heavy atom. The molecule has 7 nitrogen and oxygen atoms in total. The normalized spacial score (nSPS) is 15.6. The van der Waals surface area contributed by atoms with E-state index in [0.29, 0.717) is 11.7 Å². The Balaban J connectivity index is 1.42. The third-order valence-electron chi connectivity index (χ3n) is 4.04. The zero-order chi connectivity index (χ0) is 17.5. The quantitative estimate of drug-likeness (QED) is 0.479. The molecule has 0 aliphatic carbocycles. The molecule has 0 saturated carbocycles. The Morgan fingerprint density at radius 2 is 2.00 bits per heavy atom. The number of thiazole rings is 1. The molecule has 0 fully saturated rings. The molecule has 126 valence electrons. The molecule has 0 saturated heterocycles. The van der Waals surface area contributed by atoms with E-state index in [9.17, 15) is 4.79 Å². The van der Waals surface area contributed by atoms with Gasteiger partial charge in [-0.3, -0.25) is 10.1 Å². The second-order valence-electron chi connectivity index (χ2n) is 5.78. The summed E-state index contributed by atoms with van der Waals surface area (Å²) in [5.41, 5.74) is 6.64. The second kappa shape index (κ2) is 5.78. The first kappa shape index (κ1) is 14.8. The van der Waals surface area contributed by atoms with Crippen molar-refractivity contribution in [1.29, 1.82) is 0 Å². The van der Waals surface area contributed by atoms with Crippen molar-refractivity contribution in [2.45, 2.75) is 0 Å². The molecule has 2 aromatic carbocycles. The number of H-pyrrole nitrogens is 1. The van der Waals surface area contributed by atoms with Crippen molar-refractivity contribution < 1.29 is 4.79 Å². The van der Waals surface area contributed by atoms with Crippen LogP contribution >= 0.6 is 11.3 Å². The minimum absolute atomic E-state index is 0.237. The topological polar surface area (TPSA) is 95.1 Å². The molecule has 5 rings (SSSR count). The molecule has 8 heteroatoms. The van der Waals surface area contributed by atoms with Crippen molar-refractivity contribution in [3.8, 4) is 0 Å². The third-order valence-corrected chi connectivity index (χ3v) is 4.83. The molecular formula is C18H12N6OS.